The number of likely N-dealkylation sites (tertiary alicyclic amines) is 1. The maximum Gasteiger partial charge on any atom is 0.0351 e. The second kappa shape index (κ2) is 6.04. The molecule has 1 nitrogen and oxygen atoms in total. The average molecular weight is 317 g/mol. The highest BCUT2D eigenvalue weighted by molar-refractivity contribution is 5.75. The van der Waals surface area contributed by atoms with Crippen LogP contribution < -0.4 is 0 Å². The third-order valence-corrected chi connectivity index (χ3v) is 6.51. The fraction of sp³-hybridized carbons (Fsp3) is 0.478. The maximum atomic E-state index is 2.78. The summed E-state index contributed by atoms with van der Waals surface area (Å²) in [5.41, 5.74) is 9.60. The van der Waals surface area contributed by atoms with E-state index in [0.717, 1.165) is 0 Å². The molecular weight excluding hydrogens is 290 g/mol. The Morgan fingerprint density at radius 2 is 1.58 bits per heavy atom. The van der Waals surface area contributed by atoms with E-state index in [4.69, 9.17) is 0 Å². The van der Waals surface area contributed by atoms with Gasteiger partial charge in [-0.15, -0.1) is 0 Å². The first-order chi connectivity index (χ1) is 11.9. The van der Waals surface area contributed by atoms with E-state index in [-0.39, 0.29) is 0 Å². The van der Waals surface area contributed by atoms with Gasteiger partial charge in [-0.1, -0.05) is 42.8 Å². The topological polar surface area (TPSA) is 3.24 Å². The highest BCUT2D eigenvalue weighted by Crippen LogP contribution is 2.43. The predicted molar refractivity (Wildman–Crippen MR) is 100 cm³/mol. The Balaban J connectivity index is 1.59. The van der Waals surface area contributed by atoms with E-state index >= 15 is 0 Å². The Labute approximate surface area is 145 Å². The van der Waals surface area contributed by atoms with Crippen molar-refractivity contribution < 1.29 is 0 Å². The molecule has 0 saturated carbocycles. The van der Waals surface area contributed by atoms with E-state index in [2.05, 4.69) is 41.3 Å². The molecule has 2 aliphatic carbocycles. The zero-order valence-electron chi connectivity index (χ0n) is 14.6. The number of aryl methyl sites for hydroxylation is 1. The fourth-order valence-electron chi connectivity index (χ4n) is 5.35. The van der Waals surface area contributed by atoms with Gasteiger partial charge in [0.05, 0.1) is 0 Å². The number of piperidine rings is 1. The van der Waals surface area contributed by atoms with E-state index in [1.54, 1.807) is 16.7 Å². The van der Waals surface area contributed by atoms with Crippen LogP contribution in [0.2, 0.25) is 0 Å². The van der Waals surface area contributed by atoms with Crippen molar-refractivity contribution in [3.63, 3.8) is 0 Å². The molecular formula is C23H27N. The summed E-state index contributed by atoms with van der Waals surface area (Å²) in [5, 5.41) is 0. The number of hydrogen-bond acceptors (Lipinski definition) is 1. The number of fused-ring (bicyclic) bond motifs is 5. The van der Waals surface area contributed by atoms with E-state index in [0.29, 0.717) is 6.04 Å². The van der Waals surface area contributed by atoms with E-state index in [9.17, 15) is 0 Å². The minimum atomic E-state index is 0.691. The Hall–Kier alpha value is -1.60. The molecule has 1 unspecified atom stereocenters. The van der Waals surface area contributed by atoms with Gasteiger partial charge in [0.2, 0.25) is 0 Å². The maximum absolute atomic E-state index is 2.78. The van der Waals surface area contributed by atoms with Crippen LogP contribution >= 0.6 is 0 Å². The van der Waals surface area contributed by atoms with Crippen LogP contribution in [0.1, 0.15) is 60.4 Å². The zero-order chi connectivity index (χ0) is 15.9. The SMILES string of the molecule is c1ccc2c(c1)CCc1c-2ccc2c1CCCC2N1CCCCC1. The molecule has 124 valence electrons. The summed E-state index contributed by atoms with van der Waals surface area (Å²) in [6.45, 7) is 2.62. The van der Waals surface area contributed by atoms with Crippen molar-refractivity contribution in [2.45, 2.75) is 57.4 Å². The lowest BCUT2D eigenvalue weighted by Gasteiger charge is -2.39. The Kier molecular flexibility index (Phi) is 3.70. The Morgan fingerprint density at radius 1 is 0.708 bits per heavy atom. The van der Waals surface area contributed by atoms with Crippen molar-refractivity contribution in [2.24, 2.45) is 0 Å². The molecule has 0 radical (unpaired) electrons. The molecule has 0 aromatic heterocycles. The molecule has 5 rings (SSSR count). The van der Waals surface area contributed by atoms with Crippen molar-refractivity contribution in [3.05, 3.63) is 58.7 Å². The lowest BCUT2D eigenvalue weighted by Crippen LogP contribution is -2.35. The predicted octanol–water partition coefficient (Wildman–Crippen LogP) is 5.32. The summed E-state index contributed by atoms with van der Waals surface area (Å²) in [7, 11) is 0. The molecule has 24 heavy (non-hydrogen) atoms. The minimum absolute atomic E-state index is 0.691. The summed E-state index contributed by atoms with van der Waals surface area (Å²) in [6.07, 6.45) is 10.7. The van der Waals surface area contributed by atoms with Crippen LogP contribution in [0.25, 0.3) is 11.1 Å². The van der Waals surface area contributed by atoms with Gasteiger partial charge in [-0.25, -0.2) is 0 Å². The van der Waals surface area contributed by atoms with Crippen molar-refractivity contribution in [1.82, 2.24) is 4.90 Å². The molecule has 0 amide bonds. The summed E-state index contributed by atoms with van der Waals surface area (Å²) < 4.78 is 0. The van der Waals surface area contributed by atoms with Crippen LogP contribution in [0, 0.1) is 0 Å². The van der Waals surface area contributed by atoms with Gasteiger partial charge in [-0.3, -0.25) is 4.90 Å². The zero-order valence-corrected chi connectivity index (χ0v) is 14.6. The first-order valence-corrected chi connectivity index (χ1v) is 9.89. The van der Waals surface area contributed by atoms with E-state index in [1.807, 2.05) is 0 Å². The largest absolute Gasteiger partial charge is 0.296 e. The normalized spacial score (nSPS) is 23.2. The lowest BCUT2D eigenvalue weighted by atomic mass is 9.76. The first-order valence-electron chi connectivity index (χ1n) is 9.89. The fourth-order valence-corrected chi connectivity index (χ4v) is 5.35. The van der Waals surface area contributed by atoms with Crippen LogP contribution in [0.15, 0.2) is 36.4 Å². The second-order valence-corrected chi connectivity index (χ2v) is 7.82. The van der Waals surface area contributed by atoms with Gasteiger partial charge in [0.15, 0.2) is 0 Å². The highest BCUT2D eigenvalue weighted by Gasteiger charge is 2.30. The molecule has 0 N–H and O–H groups in total. The molecule has 0 bridgehead atoms. The summed E-state index contributed by atoms with van der Waals surface area (Å²) in [4.78, 5) is 2.78. The van der Waals surface area contributed by atoms with Crippen LogP contribution in [0.5, 0.6) is 0 Å². The van der Waals surface area contributed by atoms with E-state index < -0.39 is 0 Å². The smallest absolute Gasteiger partial charge is 0.0351 e. The van der Waals surface area contributed by atoms with Gasteiger partial charge >= 0.3 is 0 Å². The third kappa shape index (κ3) is 2.33. The number of nitrogens with zero attached hydrogens (tertiary/aromatic N) is 1. The average Bonchev–Trinajstić information content (AvgIpc) is 2.67. The number of hydrogen-bond donors (Lipinski definition) is 0. The minimum Gasteiger partial charge on any atom is -0.296 e. The molecule has 1 saturated heterocycles. The molecule has 1 heterocycles. The van der Waals surface area contributed by atoms with Gasteiger partial charge in [-0.05, 0) is 91.4 Å². The molecule has 1 heteroatoms. The monoisotopic (exact) mass is 317 g/mol. The molecule has 2 aromatic rings. The molecule has 1 aliphatic heterocycles. The molecule has 1 atom stereocenters. The van der Waals surface area contributed by atoms with Crippen molar-refractivity contribution in [2.75, 3.05) is 13.1 Å². The lowest BCUT2D eigenvalue weighted by molar-refractivity contribution is 0.148. The van der Waals surface area contributed by atoms with Gasteiger partial charge in [0.1, 0.15) is 0 Å². The van der Waals surface area contributed by atoms with Crippen molar-refractivity contribution in [3.8, 4) is 11.1 Å². The summed E-state index contributed by atoms with van der Waals surface area (Å²) in [6, 6.07) is 14.6. The van der Waals surface area contributed by atoms with Crippen molar-refractivity contribution in [1.29, 1.82) is 0 Å². The second-order valence-electron chi connectivity index (χ2n) is 7.82. The molecule has 0 spiro atoms. The van der Waals surface area contributed by atoms with Gasteiger partial charge in [-0.2, -0.15) is 0 Å². The molecule has 1 fully saturated rings. The van der Waals surface area contributed by atoms with Crippen LogP contribution in [-0.2, 0) is 19.3 Å². The summed E-state index contributed by atoms with van der Waals surface area (Å²) in [5.74, 6) is 0. The van der Waals surface area contributed by atoms with Gasteiger partial charge in [0, 0.05) is 6.04 Å². The quantitative estimate of drug-likeness (QED) is 0.688. The van der Waals surface area contributed by atoms with Crippen molar-refractivity contribution >= 4 is 0 Å². The van der Waals surface area contributed by atoms with Gasteiger partial charge in [0.25, 0.3) is 0 Å². The standard InChI is InChI=1S/C23H27N/c1-4-15-24(16-5-1)23-10-6-9-19-21-12-11-17-7-2-3-8-18(17)20(21)13-14-22(19)23/h2-3,7-8,13-14,23H,1,4-6,9-12,15-16H2. The van der Waals surface area contributed by atoms with Crippen LogP contribution in [0.3, 0.4) is 0 Å². The number of benzene rings is 2. The molecule has 3 aliphatic rings. The Morgan fingerprint density at radius 3 is 2.50 bits per heavy atom. The van der Waals surface area contributed by atoms with Gasteiger partial charge < -0.3 is 0 Å². The van der Waals surface area contributed by atoms with Crippen LogP contribution in [-0.4, -0.2) is 18.0 Å². The van der Waals surface area contributed by atoms with Crippen LogP contribution in [0.4, 0.5) is 0 Å². The number of rotatable bonds is 1. The third-order valence-electron chi connectivity index (χ3n) is 6.51. The Bertz CT molecular complexity index is 755. The highest BCUT2D eigenvalue weighted by atomic mass is 15.2. The summed E-state index contributed by atoms with van der Waals surface area (Å²) >= 11 is 0. The first kappa shape index (κ1) is 14.7. The molecule has 2 aromatic carbocycles. The van der Waals surface area contributed by atoms with E-state index in [1.165, 1.54) is 81.1 Å².